The molecule has 4 heteroatoms. The number of nitrogens with one attached hydrogen (secondary N) is 1. The molecule has 2 aromatic rings. The summed E-state index contributed by atoms with van der Waals surface area (Å²) < 4.78 is 0. The fourth-order valence-electron chi connectivity index (χ4n) is 2.31. The van der Waals surface area contributed by atoms with Crippen molar-refractivity contribution in [1.82, 2.24) is 5.48 Å². The second kappa shape index (κ2) is 6.10. The molecular formula is C18H13NO3. The van der Waals surface area contributed by atoms with Gasteiger partial charge >= 0.3 is 0 Å². The number of hydroxylamine groups is 1. The van der Waals surface area contributed by atoms with E-state index >= 15 is 0 Å². The zero-order chi connectivity index (χ0) is 15.4. The maximum Gasteiger partial charge on any atom is 0.194 e. The molecule has 0 saturated carbocycles. The van der Waals surface area contributed by atoms with Gasteiger partial charge in [-0.3, -0.25) is 9.59 Å². The average molecular weight is 291 g/mol. The number of carbonyl (C=O) groups excluding carboxylic acids is 2. The number of allylic oxidation sites excluding steroid dienone is 2. The Labute approximate surface area is 127 Å². The third kappa shape index (κ3) is 2.54. The van der Waals surface area contributed by atoms with Crippen molar-refractivity contribution in [2.75, 3.05) is 0 Å². The lowest BCUT2D eigenvalue weighted by atomic mass is 9.84. The van der Waals surface area contributed by atoms with Crippen LogP contribution in [0.15, 0.2) is 73.1 Å². The molecule has 4 nitrogen and oxygen atoms in total. The van der Waals surface area contributed by atoms with Gasteiger partial charge in [0.05, 0.1) is 0 Å². The highest BCUT2D eigenvalue weighted by Gasteiger charge is 2.28. The Morgan fingerprint density at radius 2 is 1.14 bits per heavy atom. The highest BCUT2D eigenvalue weighted by Crippen LogP contribution is 2.26. The van der Waals surface area contributed by atoms with Crippen molar-refractivity contribution in [3.8, 4) is 0 Å². The first-order chi connectivity index (χ1) is 10.8. The Kier molecular flexibility index (Phi) is 3.83. The quantitative estimate of drug-likeness (QED) is 0.692. The Hall–Kier alpha value is -3.14. The van der Waals surface area contributed by atoms with E-state index in [4.69, 9.17) is 0 Å². The molecular weight excluding hydrogens is 278 g/mol. The van der Waals surface area contributed by atoms with Gasteiger partial charge in [-0.15, -0.1) is 0 Å². The molecule has 0 spiro atoms. The fraction of sp³-hybridized carbons (Fsp3) is 0. The molecule has 0 unspecified atom stereocenters. The van der Waals surface area contributed by atoms with E-state index in [0.29, 0.717) is 22.3 Å². The minimum atomic E-state index is -0.0641. The Bertz CT molecular complexity index is 673. The number of hydrogen-bond donors (Lipinski definition) is 1. The second-order valence-corrected chi connectivity index (χ2v) is 4.67. The van der Waals surface area contributed by atoms with Gasteiger partial charge in [-0.25, -0.2) is 5.48 Å². The standard InChI is InChI=1S/C14H8O2.C4H5NO/c15-13-9-5-1-2-6-10(9)14(16)12-8-4-3-7-11(12)13;1-2-4-6-5-3-1/h1-8H;1-5H. The van der Waals surface area contributed by atoms with Crippen LogP contribution in [-0.2, 0) is 4.84 Å². The number of carbonyl (C=O) groups is 2. The maximum absolute atomic E-state index is 12.1. The van der Waals surface area contributed by atoms with Gasteiger partial charge in [-0.2, -0.15) is 0 Å². The molecule has 1 aliphatic carbocycles. The zero-order valence-corrected chi connectivity index (χ0v) is 11.7. The molecule has 2 aromatic carbocycles. The molecule has 0 aromatic heterocycles. The third-order valence-corrected chi connectivity index (χ3v) is 3.32. The minimum absolute atomic E-state index is 0.0641. The summed E-state index contributed by atoms with van der Waals surface area (Å²) in [7, 11) is 0. The van der Waals surface area contributed by atoms with Crippen LogP contribution in [0.4, 0.5) is 0 Å². The predicted octanol–water partition coefficient (Wildman–Crippen LogP) is 3.01. The van der Waals surface area contributed by atoms with E-state index in [1.165, 1.54) is 0 Å². The third-order valence-electron chi connectivity index (χ3n) is 3.32. The molecule has 22 heavy (non-hydrogen) atoms. The van der Waals surface area contributed by atoms with Gasteiger partial charge in [0, 0.05) is 28.5 Å². The summed E-state index contributed by atoms with van der Waals surface area (Å²) in [6.45, 7) is 0. The first-order valence-corrected chi connectivity index (χ1v) is 6.79. The Balaban J connectivity index is 0.000000202. The monoisotopic (exact) mass is 291 g/mol. The average Bonchev–Trinajstić information content (AvgIpc) is 2.62. The van der Waals surface area contributed by atoms with Crippen LogP contribution in [0.1, 0.15) is 31.8 Å². The summed E-state index contributed by atoms with van der Waals surface area (Å²) in [5.41, 5.74) is 4.54. The van der Waals surface area contributed by atoms with Crippen LogP contribution in [0.3, 0.4) is 0 Å². The molecule has 0 atom stereocenters. The summed E-state index contributed by atoms with van der Waals surface area (Å²) in [6, 6.07) is 13.9. The van der Waals surface area contributed by atoms with Crippen molar-refractivity contribution < 1.29 is 14.4 Å². The van der Waals surface area contributed by atoms with Crippen molar-refractivity contribution in [3.63, 3.8) is 0 Å². The van der Waals surface area contributed by atoms with Crippen LogP contribution in [0.5, 0.6) is 0 Å². The minimum Gasteiger partial charge on any atom is -0.391 e. The summed E-state index contributed by atoms with van der Waals surface area (Å²) in [6.07, 6.45) is 6.93. The largest absolute Gasteiger partial charge is 0.391 e. The highest BCUT2D eigenvalue weighted by atomic mass is 16.6. The van der Waals surface area contributed by atoms with Gasteiger partial charge in [0.2, 0.25) is 0 Å². The number of ketones is 2. The second-order valence-electron chi connectivity index (χ2n) is 4.67. The molecule has 1 heterocycles. The van der Waals surface area contributed by atoms with Crippen LogP contribution >= 0.6 is 0 Å². The van der Waals surface area contributed by atoms with Crippen molar-refractivity contribution in [3.05, 3.63) is 95.4 Å². The molecule has 0 bridgehead atoms. The van der Waals surface area contributed by atoms with E-state index < -0.39 is 0 Å². The lowest BCUT2D eigenvalue weighted by Crippen LogP contribution is -2.20. The van der Waals surface area contributed by atoms with Crippen LogP contribution in [0.25, 0.3) is 0 Å². The SMILES string of the molecule is C1=CNOC=C1.O=C1c2ccccc2C(=O)c2ccccc21. The first kappa shape index (κ1) is 13.8. The van der Waals surface area contributed by atoms with Crippen molar-refractivity contribution in [1.29, 1.82) is 0 Å². The number of rotatable bonds is 0. The lowest BCUT2D eigenvalue weighted by molar-refractivity contribution is 0.0979. The topological polar surface area (TPSA) is 55.4 Å². The van der Waals surface area contributed by atoms with E-state index in [1.54, 1.807) is 67.1 Å². The molecule has 4 rings (SSSR count). The fourth-order valence-corrected chi connectivity index (χ4v) is 2.31. The predicted molar refractivity (Wildman–Crippen MR) is 82.2 cm³/mol. The van der Waals surface area contributed by atoms with E-state index in [0.717, 1.165) is 0 Å². The van der Waals surface area contributed by atoms with E-state index in [2.05, 4.69) is 10.3 Å². The van der Waals surface area contributed by atoms with Crippen molar-refractivity contribution in [2.45, 2.75) is 0 Å². The normalized spacial score (nSPS) is 14.0. The maximum atomic E-state index is 12.1. The van der Waals surface area contributed by atoms with Crippen molar-refractivity contribution in [2.24, 2.45) is 0 Å². The molecule has 1 N–H and O–H groups in total. The molecule has 0 fully saturated rings. The number of benzene rings is 2. The first-order valence-electron chi connectivity index (χ1n) is 6.79. The number of hydrogen-bond acceptors (Lipinski definition) is 4. The summed E-state index contributed by atoms with van der Waals surface area (Å²) in [5.74, 6) is -0.128. The molecule has 0 amide bonds. The lowest BCUT2D eigenvalue weighted by Gasteiger charge is -2.16. The van der Waals surface area contributed by atoms with Gasteiger partial charge in [-0.05, 0) is 12.2 Å². The summed E-state index contributed by atoms with van der Waals surface area (Å²) in [4.78, 5) is 28.8. The van der Waals surface area contributed by atoms with Crippen LogP contribution in [0.2, 0.25) is 0 Å². The highest BCUT2D eigenvalue weighted by molar-refractivity contribution is 6.28. The van der Waals surface area contributed by atoms with E-state index in [-0.39, 0.29) is 11.6 Å². The summed E-state index contributed by atoms with van der Waals surface area (Å²) >= 11 is 0. The van der Waals surface area contributed by atoms with Crippen LogP contribution < -0.4 is 5.48 Å². The van der Waals surface area contributed by atoms with Gasteiger partial charge in [0.15, 0.2) is 11.6 Å². The summed E-state index contributed by atoms with van der Waals surface area (Å²) in [5, 5.41) is 0. The molecule has 0 saturated heterocycles. The van der Waals surface area contributed by atoms with E-state index in [1.807, 2.05) is 6.08 Å². The van der Waals surface area contributed by atoms with Gasteiger partial charge in [0.1, 0.15) is 6.26 Å². The van der Waals surface area contributed by atoms with Gasteiger partial charge < -0.3 is 4.84 Å². The number of fused-ring (bicyclic) bond motifs is 2. The Morgan fingerprint density at radius 1 is 0.682 bits per heavy atom. The van der Waals surface area contributed by atoms with E-state index in [9.17, 15) is 9.59 Å². The Morgan fingerprint density at radius 3 is 1.36 bits per heavy atom. The van der Waals surface area contributed by atoms with Crippen LogP contribution in [0, 0.1) is 0 Å². The van der Waals surface area contributed by atoms with Gasteiger partial charge in [-0.1, -0.05) is 48.5 Å². The zero-order valence-electron chi connectivity index (χ0n) is 11.7. The molecule has 2 aliphatic rings. The van der Waals surface area contributed by atoms with Gasteiger partial charge in [0.25, 0.3) is 0 Å². The smallest absolute Gasteiger partial charge is 0.194 e. The molecule has 108 valence electrons. The molecule has 0 radical (unpaired) electrons. The van der Waals surface area contributed by atoms with Crippen molar-refractivity contribution >= 4 is 11.6 Å². The molecule has 1 aliphatic heterocycles. The van der Waals surface area contributed by atoms with Crippen LogP contribution in [-0.4, -0.2) is 11.6 Å².